The van der Waals surface area contributed by atoms with E-state index in [1.54, 1.807) is 35.3 Å². The van der Waals surface area contributed by atoms with Crippen LogP contribution >= 0.6 is 23.2 Å². The maximum atomic E-state index is 13.2. The normalized spacial score (nSPS) is 25.6. The van der Waals surface area contributed by atoms with Crippen LogP contribution in [-0.2, 0) is 16.0 Å². The van der Waals surface area contributed by atoms with Crippen molar-refractivity contribution in [2.45, 2.75) is 25.3 Å². The molecule has 2 amide bonds. The number of halogens is 2. The molecule has 1 aromatic carbocycles. The molecule has 5 rings (SSSR count). The highest BCUT2D eigenvalue weighted by Gasteiger charge is 2.56. The van der Waals surface area contributed by atoms with Crippen LogP contribution in [-0.4, -0.2) is 34.4 Å². The molecule has 1 aliphatic heterocycles. The summed E-state index contributed by atoms with van der Waals surface area (Å²) in [5, 5.41) is 11.4. The van der Waals surface area contributed by atoms with Gasteiger partial charge >= 0.3 is 0 Å². The highest BCUT2D eigenvalue weighted by Crippen LogP contribution is 2.52. The highest BCUT2D eigenvalue weighted by molar-refractivity contribution is 6.35. The van der Waals surface area contributed by atoms with Crippen molar-refractivity contribution in [1.29, 1.82) is 0 Å². The number of nitrogens with zero attached hydrogens (tertiary/aromatic N) is 1. The first-order valence-corrected chi connectivity index (χ1v) is 11.5. The number of rotatable bonds is 4. The van der Waals surface area contributed by atoms with Gasteiger partial charge in [-0.05, 0) is 71.1 Å². The van der Waals surface area contributed by atoms with Crippen molar-refractivity contribution in [2.75, 3.05) is 6.54 Å². The van der Waals surface area contributed by atoms with Gasteiger partial charge in [0.25, 0.3) is 0 Å². The van der Waals surface area contributed by atoms with E-state index < -0.39 is 17.4 Å². The minimum atomic E-state index is -1.05. The van der Waals surface area contributed by atoms with Crippen LogP contribution in [0.5, 0.6) is 0 Å². The first kappa shape index (κ1) is 21.8. The average Bonchev–Trinajstić information content (AvgIpc) is 3.04. The van der Waals surface area contributed by atoms with Gasteiger partial charge in [-0.2, -0.15) is 0 Å². The molecule has 5 nitrogen and oxygen atoms in total. The van der Waals surface area contributed by atoms with Gasteiger partial charge in [0.1, 0.15) is 5.76 Å². The average molecular weight is 481 g/mol. The summed E-state index contributed by atoms with van der Waals surface area (Å²) in [6, 6.07) is 4.71. The molecule has 2 bridgehead atoms. The van der Waals surface area contributed by atoms with Crippen molar-refractivity contribution in [2.24, 2.45) is 11.1 Å². The fourth-order valence-corrected chi connectivity index (χ4v) is 5.85. The number of likely N-dealkylation sites (tertiary alicyclic amines) is 1. The Balaban J connectivity index is 1.63. The lowest BCUT2D eigenvalue weighted by Crippen LogP contribution is -2.62. The largest absolute Gasteiger partial charge is 0.508 e. The second-order valence-electron chi connectivity index (χ2n) is 8.66. The maximum Gasteiger partial charge on any atom is 0.230 e. The highest BCUT2D eigenvalue weighted by atomic mass is 35.5. The summed E-state index contributed by atoms with van der Waals surface area (Å²) in [6.45, 7) is 0.361. The predicted molar refractivity (Wildman–Crippen MR) is 129 cm³/mol. The van der Waals surface area contributed by atoms with Crippen LogP contribution in [0.1, 0.15) is 18.4 Å². The number of primary amides is 1. The smallest absolute Gasteiger partial charge is 0.230 e. The summed E-state index contributed by atoms with van der Waals surface area (Å²) in [7, 11) is 0. The summed E-state index contributed by atoms with van der Waals surface area (Å²) < 4.78 is 0. The summed E-state index contributed by atoms with van der Waals surface area (Å²) in [5.41, 5.74) is 9.16. The zero-order valence-corrected chi connectivity index (χ0v) is 19.2. The zero-order chi connectivity index (χ0) is 23.3. The number of fused-ring (bicyclic) bond motifs is 3. The molecular weight excluding hydrogens is 459 g/mol. The van der Waals surface area contributed by atoms with Crippen LogP contribution in [0.15, 0.2) is 88.8 Å². The third kappa shape index (κ3) is 3.47. The van der Waals surface area contributed by atoms with Crippen molar-refractivity contribution < 1.29 is 14.7 Å². The number of benzene rings is 1. The molecule has 1 fully saturated rings. The van der Waals surface area contributed by atoms with Crippen molar-refractivity contribution >= 4 is 35.0 Å². The Morgan fingerprint density at radius 1 is 1.21 bits per heavy atom. The number of hydrogen-bond acceptors (Lipinski definition) is 3. The number of aliphatic hydroxyl groups excluding tert-OH is 1. The number of allylic oxidation sites excluding steroid dienone is 8. The lowest BCUT2D eigenvalue weighted by atomic mass is 9.61. The minimum Gasteiger partial charge on any atom is -0.508 e. The third-order valence-electron chi connectivity index (χ3n) is 6.93. The number of piperidine rings is 1. The lowest BCUT2D eigenvalue weighted by molar-refractivity contribution is -0.145. The van der Waals surface area contributed by atoms with Crippen molar-refractivity contribution in [1.82, 2.24) is 4.90 Å². The SMILES string of the molecule is NC(=O)C12CCC(=O)N(CCc3ccc(Cl)cc3Cl)C1C1=C3C=C2C=CC=C3C=C(O)C=C1. The monoisotopic (exact) mass is 480 g/mol. The van der Waals surface area contributed by atoms with Gasteiger partial charge in [0.15, 0.2) is 0 Å². The number of nitrogens with two attached hydrogens (primary N) is 1. The fourth-order valence-electron chi connectivity index (χ4n) is 5.35. The fraction of sp³-hybridized carbons (Fsp3) is 0.231. The van der Waals surface area contributed by atoms with Gasteiger partial charge in [-0.25, -0.2) is 0 Å². The molecule has 2 unspecified atom stereocenters. The Labute approximate surface area is 201 Å². The second kappa shape index (κ2) is 8.08. The van der Waals surface area contributed by atoms with E-state index in [9.17, 15) is 14.7 Å². The molecular formula is C26H22Cl2N2O3. The molecule has 168 valence electrons. The van der Waals surface area contributed by atoms with Gasteiger partial charge in [0, 0.05) is 23.0 Å². The number of amides is 2. The molecule has 0 radical (unpaired) electrons. The molecule has 33 heavy (non-hydrogen) atoms. The van der Waals surface area contributed by atoms with E-state index in [1.165, 1.54) is 0 Å². The Hall–Kier alpha value is -3.02. The van der Waals surface area contributed by atoms with E-state index >= 15 is 0 Å². The Morgan fingerprint density at radius 2 is 2.03 bits per heavy atom. The predicted octanol–water partition coefficient (Wildman–Crippen LogP) is 4.74. The summed E-state index contributed by atoms with van der Waals surface area (Å²) in [4.78, 5) is 28.1. The van der Waals surface area contributed by atoms with E-state index in [4.69, 9.17) is 28.9 Å². The standard InChI is InChI=1S/C26H22Cl2N2O3/c27-18-5-4-15(22(28)14-18)9-11-30-23(32)8-10-26(25(29)33)17-3-1-2-16-12-19(31)6-7-20(24(26)30)21(16)13-17/h1-7,12-14,24,31H,8-11H2,(H2,29,33). The number of aliphatic hydroxyl groups is 1. The van der Waals surface area contributed by atoms with Crippen LogP contribution < -0.4 is 5.73 Å². The van der Waals surface area contributed by atoms with Crippen LogP contribution in [0.25, 0.3) is 0 Å². The van der Waals surface area contributed by atoms with E-state index in [1.807, 2.05) is 30.4 Å². The quantitative estimate of drug-likeness (QED) is 0.652. The van der Waals surface area contributed by atoms with Crippen LogP contribution in [0.2, 0.25) is 10.0 Å². The molecule has 0 aromatic heterocycles. The molecule has 1 saturated heterocycles. The topological polar surface area (TPSA) is 83.6 Å². The number of carbonyl (C=O) groups excluding carboxylic acids is 2. The summed E-state index contributed by atoms with van der Waals surface area (Å²) in [5.74, 6) is -0.402. The van der Waals surface area contributed by atoms with Gasteiger partial charge in [0.2, 0.25) is 11.8 Å². The molecule has 3 aliphatic carbocycles. The van der Waals surface area contributed by atoms with Crippen LogP contribution in [0.3, 0.4) is 0 Å². The summed E-state index contributed by atoms with van der Waals surface area (Å²) in [6.07, 6.45) is 13.7. The van der Waals surface area contributed by atoms with E-state index in [-0.39, 0.29) is 18.1 Å². The Morgan fingerprint density at radius 3 is 2.79 bits per heavy atom. The van der Waals surface area contributed by atoms with Crippen LogP contribution in [0.4, 0.5) is 0 Å². The molecule has 0 spiro atoms. The molecule has 0 saturated carbocycles. The van der Waals surface area contributed by atoms with Crippen molar-refractivity contribution in [3.8, 4) is 0 Å². The second-order valence-corrected chi connectivity index (χ2v) is 9.51. The first-order valence-electron chi connectivity index (χ1n) is 10.8. The molecule has 1 heterocycles. The van der Waals surface area contributed by atoms with Gasteiger partial charge < -0.3 is 15.7 Å². The molecule has 7 heteroatoms. The van der Waals surface area contributed by atoms with E-state index in [0.717, 1.165) is 27.9 Å². The molecule has 3 N–H and O–H groups in total. The maximum absolute atomic E-state index is 13.2. The minimum absolute atomic E-state index is 0.0429. The molecule has 1 aromatic rings. The number of carbonyl (C=O) groups is 2. The number of hydrogen-bond donors (Lipinski definition) is 2. The van der Waals surface area contributed by atoms with Crippen molar-refractivity contribution in [3.05, 3.63) is 104 Å². The van der Waals surface area contributed by atoms with Crippen molar-refractivity contribution in [3.63, 3.8) is 0 Å². The Bertz CT molecular complexity index is 1270. The Kier molecular flexibility index (Phi) is 5.34. The lowest BCUT2D eigenvalue weighted by Gasteiger charge is -2.51. The third-order valence-corrected chi connectivity index (χ3v) is 7.52. The van der Waals surface area contributed by atoms with E-state index in [0.29, 0.717) is 29.4 Å². The van der Waals surface area contributed by atoms with E-state index in [2.05, 4.69) is 0 Å². The van der Waals surface area contributed by atoms with Crippen LogP contribution in [0, 0.1) is 5.41 Å². The zero-order valence-electron chi connectivity index (χ0n) is 17.7. The van der Waals surface area contributed by atoms with Gasteiger partial charge in [-0.1, -0.05) is 53.6 Å². The molecule has 4 aliphatic rings. The van der Waals surface area contributed by atoms with Gasteiger partial charge in [-0.3, -0.25) is 9.59 Å². The molecule has 2 atom stereocenters. The summed E-state index contributed by atoms with van der Waals surface area (Å²) >= 11 is 12.4. The van der Waals surface area contributed by atoms with Gasteiger partial charge in [0.05, 0.1) is 11.5 Å². The van der Waals surface area contributed by atoms with Gasteiger partial charge in [-0.15, -0.1) is 0 Å². The first-order chi connectivity index (χ1) is 15.8.